The third-order valence-corrected chi connectivity index (χ3v) is 4.36. The van der Waals surface area contributed by atoms with Crippen LogP contribution in [0.4, 0.5) is 10.5 Å². The van der Waals surface area contributed by atoms with Gasteiger partial charge in [-0.15, -0.1) is 0 Å². The fourth-order valence-corrected chi connectivity index (χ4v) is 3.01. The van der Waals surface area contributed by atoms with Crippen LogP contribution < -0.4 is 10.6 Å². The zero-order chi connectivity index (χ0) is 17.7. The molecule has 1 aliphatic rings. The lowest BCUT2D eigenvalue weighted by atomic mass is 9.86. The summed E-state index contributed by atoms with van der Waals surface area (Å²) in [6.07, 6.45) is 2.31. The van der Waals surface area contributed by atoms with Gasteiger partial charge < -0.3 is 15.7 Å². The van der Waals surface area contributed by atoms with Gasteiger partial charge in [-0.2, -0.15) is 0 Å². The Morgan fingerprint density at radius 3 is 2.46 bits per heavy atom. The normalized spacial score (nSPS) is 21.5. The predicted octanol–water partition coefficient (Wildman–Crippen LogP) is 2.60. The van der Waals surface area contributed by atoms with Crippen LogP contribution in [0.2, 0.25) is 0 Å². The number of nitro groups is 1. The SMILES string of the molecule is CC(NC(=O)NC1CCC(C(=O)O)CC1)c1ccccc1[N+](=O)[O-]. The largest absolute Gasteiger partial charge is 0.481 e. The van der Waals surface area contributed by atoms with E-state index in [4.69, 9.17) is 5.11 Å². The average molecular weight is 335 g/mol. The van der Waals surface area contributed by atoms with E-state index >= 15 is 0 Å². The highest BCUT2D eigenvalue weighted by molar-refractivity contribution is 5.75. The van der Waals surface area contributed by atoms with Crippen LogP contribution >= 0.6 is 0 Å². The molecule has 0 saturated heterocycles. The molecular weight excluding hydrogens is 314 g/mol. The summed E-state index contributed by atoms with van der Waals surface area (Å²) in [5, 5.41) is 25.5. The molecule has 1 fully saturated rings. The summed E-state index contributed by atoms with van der Waals surface area (Å²) in [7, 11) is 0. The van der Waals surface area contributed by atoms with Gasteiger partial charge in [0.25, 0.3) is 5.69 Å². The minimum atomic E-state index is -0.789. The first-order valence-corrected chi connectivity index (χ1v) is 7.91. The number of amides is 2. The molecule has 0 spiro atoms. The molecule has 1 aromatic carbocycles. The molecule has 24 heavy (non-hydrogen) atoms. The first-order chi connectivity index (χ1) is 11.4. The highest BCUT2D eigenvalue weighted by Crippen LogP contribution is 2.26. The van der Waals surface area contributed by atoms with Crippen molar-refractivity contribution >= 4 is 17.7 Å². The van der Waals surface area contributed by atoms with Crippen molar-refractivity contribution < 1.29 is 19.6 Å². The Labute approximate surface area is 139 Å². The Morgan fingerprint density at radius 1 is 1.25 bits per heavy atom. The molecule has 0 bridgehead atoms. The van der Waals surface area contributed by atoms with Crippen LogP contribution in [0.15, 0.2) is 24.3 Å². The molecule has 8 heteroatoms. The van der Waals surface area contributed by atoms with Gasteiger partial charge >= 0.3 is 12.0 Å². The van der Waals surface area contributed by atoms with Crippen molar-refractivity contribution in [3.8, 4) is 0 Å². The Balaban J connectivity index is 1.89. The molecule has 2 rings (SSSR count). The smallest absolute Gasteiger partial charge is 0.315 e. The van der Waals surface area contributed by atoms with Crippen molar-refractivity contribution in [2.24, 2.45) is 5.92 Å². The molecule has 3 N–H and O–H groups in total. The summed E-state index contributed by atoms with van der Waals surface area (Å²) >= 11 is 0. The first kappa shape index (κ1) is 17.7. The van der Waals surface area contributed by atoms with Gasteiger partial charge in [0.05, 0.1) is 22.4 Å². The quantitative estimate of drug-likeness (QED) is 0.564. The summed E-state index contributed by atoms with van der Waals surface area (Å²) in [5.74, 6) is -1.13. The number of carboxylic acid groups (broad SMARTS) is 1. The van der Waals surface area contributed by atoms with Gasteiger partial charge in [0.2, 0.25) is 0 Å². The number of carboxylic acids is 1. The zero-order valence-electron chi connectivity index (χ0n) is 13.4. The Morgan fingerprint density at radius 2 is 1.88 bits per heavy atom. The van der Waals surface area contributed by atoms with Crippen molar-refractivity contribution in [3.05, 3.63) is 39.9 Å². The van der Waals surface area contributed by atoms with E-state index in [0.29, 0.717) is 31.2 Å². The number of rotatable bonds is 5. The summed E-state index contributed by atoms with van der Waals surface area (Å²) in [6, 6.07) is 5.29. The van der Waals surface area contributed by atoms with E-state index in [0.717, 1.165) is 0 Å². The zero-order valence-corrected chi connectivity index (χ0v) is 13.4. The minimum Gasteiger partial charge on any atom is -0.481 e. The van der Waals surface area contributed by atoms with Crippen molar-refractivity contribution in [1.29, 1.82) is 0 Å². The summed E-state index contributed by atoms with van der Waals surface area (Å²) in [5.41, 5.74) is 0.402. The van der Waals surface area contributed by atoms with Crippen LogP contribution in [0.25, 0.3) is 0 Å². The van der Waals surface area contributed by atoms with Crippen LogP contribution in [-0.4, -0.2) is 28.1 Å². The van der Waals surface area contributed by atoms with Gasteiger partial charge in [-0.1, -0.05) is 18.2 Å². The number of nitrogens with zero attached hydrogens (tertiary/aromatic N) is 1. The number of carbonyl (C=O) groups excluding carboxylic acids is 1. The molecule has 0 aromatic heterocycles. The molecule has 130 valence electrons. The van der Waals surface area contributed by atoms with Gasteiger partial charge in [0.15, 0.2) is 0 Å². The lowest BCUT2D eigenvalue weighted by molar-refractivity contribution is -0.385. The monoisotopic (exact) mass is 335 g/mol. The van der Waals surface area contributed by atoms with Gasteiger partial charge in [0, 0.05) is 12.1 Å². The number of para-hydroxylation sites is 1. The average Bonchev–Trinajstić information content (AvgIpc) is 2.55. The highest BCUT2D eigenvalue weighted by atomic mass is 16.6. The lowest BCUT2D eigenvalue weighted by Crippen LogP contribution is -2.44. The number of hydrogen-bond donors (Lipinski definition) is 3. The molecule has 2 amide bonds. The standard InChI is InChI=1S/C16H21N3O5/c1-10(13-4-2-3-5-14(13)19(23)24)17-16(22)18-12-8-6-11(7-9-12)15(20)21/h2-5,10-12H,6-9H2,1H3,(H,20,21)(H2,17,18,22). The van der Waals surface area contributed by atoms with Gasteiger partial charge in [-0.25, -0.2) is 4.79 Å². The summed E-state index contributed by atoms with van der Waals surface area (Å²) < 4.78 is 0. The molecule has 1 atom stereocenters. The first-order valence-electron chi connectivity index (χ1n) is 7.91. The van der Waals surface area contributed by atoms with Gasteiger partial charge in [-0.05, 0) is 32.6 Å². The molecular formula is C16H21N3O5. The predicted molar refractivity (Wildman–Crippen MR) is 86.6 cm³/mol. The molecule has 1 unspecified atom stereocenters. The Bertz CT molecular complexity index is 626. The van der Waals surface area contributed by atoms with Crippen LogP contribution in [0, 0.1) is 16.0 Å². The summed E-state index contributed by atoms with van der Waals surface area (Å²) in [6.45, 7) is 1.68. The van der Waals surface area contributed by atoms with E-state index in [-0.39, 0.29) is 17.6 Å². The lowest BCUT2D eigenvalue weighted by Gasteiger charge is -2.27. The summed E-state index contributed by atoms with van der Waals surface area (Å²) in [4.78, 5) is 33.6. The number of carbonyl (C=O) groups is 2. The maximum absolute atomic E-state index is 12.1. The second-order valence-corrected chi connectivity index (χ2v) is 6.04. The van der Waals surface area contributed by atoms with Crippen molar-refractivity contribution in [3.63, 3.8) is 0 Å². The van der Waals surface area contributed by atoms with Gasteiger partial charge in [-0.3, -0.25) is 14.9 Å². The maximum Gasteiger partial charge on any atom is 0.315 e. The molecule has 1 saturated carbocycles. The van der Waals surface area contributed by atoms with Crippen molar-refractivity contribution in [2.45, 2.75) is 44.7 Å². The molecule has 0 heterocycles. The molecule has 1 aromatic rings. The van der Waals surface area contributed by atoms with E-state index in [9.17, 15) is 19.7 Å². The van der Waals surface area contributed by atoms with Crippen LogP contribution in [-0.2, 0) is 4.79 Å². The van der Waals surface area contributed by atoms with Crippen molar-refractivity contribution in [2.75, 3.05) is 0 Å². The topological polar surface area (TPSA) is 122 Å². The second kappa shape index (κ2) is 7.76. The Hall–Kier alpha value is -2.64. The molecule has 8 nitrogen and oxygen atoms in total. The fourth-order valence-electron chi connectivity index (χ4n) is 3.01. The van der Waals surface area contributed by atoms with E-state index < -0.39 is 23.0 Å². The minimum absolute atomic E-state index is 0.0349. The van der Waals surface area contributed by atoms with E-state index in [1.165, 1.54) is 6.07 Å². The molecule has 0 radical (unpaired) electrons. The van der Waals surface area contributed by atoms with Crippen LogP contribution in [0.1, 0.15) is 44.2 Å². The maximum atomic E-state index is 12.1. The molecule has 1 aliphatic carbocycles. The van der Waals surface area contributed by atoms with Crippen LogP contribution in [0.5, 0.6) is 0 Å². The van der Waals surface area contributed by atoms with E-state index in [1.807, 2.05) is 0 Å². The number of urea groups is 1. The van der Waals surface area contributed by atoms with Crippen LogP contribution in [0.3, 0.4) is 0 Å². The number of aliphatic carboxylic acids is 1. The number of benzene rings is 1. The third kappa shape index (κ3) is 4.43. The third-order valence-electron chi connectivity index (χ3n) is 4.36. The molecule has 0 aliphatic heterocycles. The number of nitrogens with one attached hydrogen (secondary N) is 2. The highest BCUT2D eigenvalue weighted by Gasteiger charge is 2.27. The Kier molecular flexibility index (Phi) is 5.73. The number of nitro benzene ring substituents is 1. The van der Waals surface area contributed by atoms with E-state index in [2.05, 4.69) is 10.6 Å². The number of hydrogen-bond acceptors (Lipinski definition) is 4. The van der Waals surface area contributed by atoms with E-state index in [1.54, 1.807) is 25.1 Å². The van der Waals surface area contributed by atoms with Gasteiger partial charge in [0.1, 0.15) is 0 Å². The van der Waals surface area contributed by atoms with Crippen molar-refractivity contribution in [1.82, 2.24) is 10.6 Å². The fraction of sp³-hybridized carbons (Fsp3) is 0.500. The second-order valence-electron chi connectivity index (χ2n) is 6.04.